The second kappa shape index (κ2) is 10.3. The molecule has 0 radical (unpaired) electrons. The Hall–Kier alpha value is -4.00. The van der Waals surface area contributed by atoms with Gasteiger partial charge < -0.3 is 9.64 Å². The molecule has 5 rings (SSSR count). The van der Waals surface area contributed by atoms with E-state index in [2.05, 4.69) is 27.2 Å². The number of hydrogen-bond donors (Lipinski definition) is 0. The standard InChI is InChI=1S/C27H27N5O2/c33-27(25-17-30-32-15-7-14-29-26(25)32)31(19-23-11-4-5-13-28-23)18-22-10-6-12-24(16-22)34-20-21-8-2-1-3-9-21/h1-2,4-7,10-17,21H,3,8-9,18-20H2/t21-/m0/s1. The normalized spacial score (nSPS) is 15.4. The first-order chi connectivity index (χ1) is 16.8. The molecule has 1 aliphatic carbocycles. The summed E-state index contributed by atoms with van der Waals surface area (Å²) in [6.07, 6.45) is 14.6. The molecule has 3 aromatic heterocycles. The highest BCUT2D eigenvalue weighted by Gasteiger charge is 2.22. The number of carbonyl (C=O) groups is 1. The molecule has 0 saturated heterocycles. The molecule has 0 unspecified atom stereocenters. The number of rotatable bonds is 8. The molecule has 0 aliphatic heterocycles. The molecule has 34 heavy (non-hydrogen) atoms. The van der Waals surface area contributed by atoms with Gasteiger partial charge >= 0.3 is 0 Å². The molecule has 1 atom stereocenters. The zero-order chi connectivity index (χ0) is 23.2. The smallest absolute Gasteiger partial charge is 0.259 e. The second-order valence-electron chi connectivity index (χ2n) is 8.54. The van der Waals surface area contributed by atoms with E-state index in [0.29, 0.717) is 36.8 Å². The Morgan fingerprint density at radius 1 is 1.06 bits per heavy atom. The summed E-state index contributed by atoms with van der Waals surface area (Å²) in [4.78, 5) is 24.2. The van der Waals surface area contributed by atoms with Crippen molar-refractivity contribution < 1.29 is 9.53 Å². The van der Waals surface area contributed by atoms with Gasteiger partial charge in [0, 0.05) is 25.1 Å². The molecule has 0 bridgehead atoms. The summed E-state index contributed by atoms with van der Waals surface area (Å²) in [6.45, 7) is 1.50. The average molecular weight is 454 g/mol. The van der Waals surface area contributed by atoms with Crippen LogP contribution in [-0.2, 0) is 13.1 Å². The van der Waals surface area contributed by atoms with Gasteiger partial charge in [0.15, 0.2) is 5.65 Å². The third-order valence-electron chi connectivity index (χ3n) is 6.01. The molecule has 172 valence electrons. The van der Waals surface area contributed by atoms with Crippen LogP contribution < -0.4 is 4.74 Å². The number of allylic oxidation sites excluding steroid dienone is 2. The van der Waals surface area contributed by atoms with Gasteiger partial charge in [-0.1, -0.05) is 30.4 Å². The molecular formula is C27H27N5O2. The van der Waals surface area contributed by atoms with E-state index in [1.54, 1.807) is 40.3 Å². The van der Waals surface area contributed by atoms with Crippen molar-refractivity contribution >= 4 is 11.6 Å². The van der Waals surface area contributed by atoms with Gasteiger partial charge in [-0.05, 0) is 61.1 Å². The van der Waals surface area contributed by atoms with Crippen molar-refractivity contribution in [3.8, 4) is 5.75 Å². The van der Waals surface area contributed by atoms with Crippen molar-refractivity contribution in [2.75, 3.05) is 6.61 Å². The summed E-state index contributed by atoms with van der Waals surface area (Å²) in [5, 5.41) is 4.29. The summed E-state index contributed by atoms with van der Waals surface area (Å²) < 4.78 is 7.72. The Kier molecular flexibility index (Phi) is 6.61. The number of ether oxygens (including phenoxy) is 1. The van der Waals surface area contributed by atoms with Gasteiger partial charge in [-0.15, -0.1) is 0 Å². The zero-order valence-corrected chi connectivity index (χ0v) is 19.0. The lowest BCUT2D eigenvalue weighted by molar-refractivity contribution is 0.0729. The number of pyridine rings is 1. The molecule has 1 aromatic carbocycles. The lowest BCUT2D eigenvalue weighted by Gasteiger charge is -2.23. The van der Waals surface area contributed by atoms with E-state index < -0.39 is 0 Å². The molecule has 0 saturated carbocycles. The molecule has 3 heterocycles. The van der Waals surface area contributed by atoms with Crippen LogP contribution in [0.5, 0.6) is 5.75 Å². The van der Waals surface area contributed by atoms with E-state index in [1.165, 1.54) is 0 Å². The average Bonchev–Trinajstić information content (AvgIpc) is 3.32. The number of hydrogen-bond acceptors (Lipinski definition) is 5. The lowest BCUT2D eigenvalue weighted by atomic mass is 9.95. The van der Waals surface area contributed by atoms with Gasteiger partial charge in [0.05, 0.1) is 25.0 Å². The van der Waals surface area contributed by atoms with Crippen LogP contribution in [0.15, 0.2) is 85.5 Å². The van der Waals surface area contributed by atoms with Gasteiger partial charge in [-0.25, -0.2) is 9.50 Å². The van der Waals surface area contributed by atoms with Gasteiger partial charge in [0.2, 0.25) is 0 Å². The zero-order valence-electron chi connectivity index (χ0n) is 19.0. The van der Waals surface area contributed by atoms with Crippen LogP contribution in [0.3, 0.4) is 0 Å². The van der Waals surface area contributed by atoms with E-state index in [-0.39, 0.29) is 5.91 Å². The maximum Gasteiger partial charge on any atom is 0.259 e. The van der Waals surface area contributed by atoms with Crippen LogP contribution in [0, 0.1) is 5.92 Å². The SMILES string of the molecule is O=C(c1cnn2cccnc12)N(Cc1cccc(OC[C@H]2CC=CCC2)c1)Cc1ccccn1. The predicted octanol–water partition coefficient (Wildman–Crippen LogP) is 4.70. The van der Waals surface area contributed by atoms with Crippen molar-refractivity contribution in [2.24, 2.45) is 5.92 Å². The second-order valence-corrected chi connectivity index (χ2v) is 8.54. The Labute approximate surface area is 198 Å². The minimum Gasteiger partial charge on any atom is -0.493 e. The van der Waals surface area contributed by atoms with E-state index in [1.807, 2.05) is 42.5 Å². The van der Waals surface area contributed by atoms with Gasteiger partial charge in [0.25, 0.3) is 5.91 Å². The van der Waals surface area contributed by atoms with Gasteiger partial charge in [-0.3, -0.25) is 9.78 Å². The summed E-state index contributed by atoms with van der Waals surface area (Å²) in [6, 6.07) is 15.5. The number of aromatic nitrogens is 4. The molecule has 4 aromatic rings. The van der Waals surface area contributed by atoms with Gasteiger partial charge in [0.1, 0.15) is 11.3 Å². The largest absolute Gasteiger partial charge is 0.493 e. The van der Waals surface area contributed by atoms with E-state index in [9.17, 15) is 4.79 Å². The minimum absolute atomic E-state index is 0.139. The maximum atomic E-state index is 13.6. The highest BCUT2D eigenvalue weighted by Crippen LogP contribution is 2.22. The van der Waals surface area contributed by atoms with Crippen molar-refractivity contribution in [3.05, 3.63) is 102 Å². The number of amides is 1. The van der Waals surface area contributed by atoms with Crippen LogP contribution >= 0.6 is 0 Å². The maximum absolute atomic E-state index is 13.6. The van der Waals surface area contributed by atoms with Crippen molar-refractivity contribution in [1.82, 2.24) is 24.5 Å². The van der Waals surface area contributed by atoms with Crippen LogP contribution in [0.1, 0.15) is 40.9 Å². The molecule has 7 heteroatoms. The third-order valence-corrected chi connectivity index (χ3v) is 6.01. The summed E-state index contributed by atoms with van der Waals surface area (Å²) in [5.74, 6) is 1.24. The summed E-state index contributed by atoms with van der Waals surface area (Å²) in [5.41, 5.74) is 2.82. The molecular weight excluding hydrogens is 426 g/mol. The van der Waals surface area contributed by atoms with E-state index in [0.717, 1.165) is 36.3 Å². The molecule has 1 amide bonds. The van der Waals surface area contributed by atoms with Crippen LogP contribution in [0.25, 0.3) is 5.65 Å². The molecule has 7 nitrogen and oxygen atoms in total. The Bertz CT molecular complexity index is 1280. The fourth-order valence-corrected chi connectivity index (χ4v) is 4.21. The Morgan fingerprint density at radius 3 is 2.85 bits per heavy atom. The number of fused-ring (bicyclic) bond motifs is 1. The first-order valence-corrected chi connectivity index (χ1v) is 11.6. The fraction of sp³-hybridized carbons (Fsp3) is 0.259. The van der Waals surface area contributed by atoms with Crippen LogP contribution in [0.2, 0.25) is 0 Å². The van der Waals surface area contributed by atoms with E-state index >= 15 is 0 Å². The Balaban J connectivity index is 1.36. The topological polar surface area (TPSA) is 72.6 Å². The van der Waals surface area contributed by atoms with Crippen molar-refractivity contribution in [2.45, 2.75) is 32.4 Å². The van der Waals surface area contributed by atoms with Crippen molar-refractivity contribution in [1.29, 1.82) is 0 Å². The van der Waals surface area contributed by atoms with E-state index in [4.69, 9.17) is 4.74 Å². The molecule has 0 spiro atoms. The highest BCUT2D eigenvalue weighted by atomic mass is 16.5. The monoisotopic (exact) mass is 453 g/mol. The molecule has 0 fully saturated rings. The quantitative estimate of drug-likeness (QED) is 0.362. The summed E-state index contributed by atoms with van der Waals surface area (Å²) >= 11 is 0. The lowest BCUT2D eigenvalue weighted by Crippen LogP contribution is -2.30. The first kappa shape index (κ1) is 21.8. The number of benzene rings is 1. The number of nitrogens with zero attached hydrogens (tertiary/aromatic N) is 5. The molecule has 0 N–H and O–H groups in total. The van der Waals surface area contributed by atoms with Crippen LogP contribution in [-0.4, -0.2) is 37.0 Å². The highest BCUT2D eigenvalue weighted by molar-refractivity contribution is 5.99. The fourth-order valence-electron chi connectivity index (χ4n) is 4.21. The van der Waals surface area contributed by atoms with Crippen molar-refractivity contribution in [3.63, 3.8) is 0 Å². The number of carbonyl (C=O) groups excluding carboxylic acids is 1. The molecule has 1 aliphatic rings. The third kappa shape index (κ3) is 5.14. The first-order valence-electron chi connectivity index (χ1n) is 11.6. The predicted molar refractivity (Wildman–Crippen MR) is 129 cm³/mol. The Morgan fingerprint density at radius 2 is 2.00 bits per heavy atom. The van der Waals surface area contributed by atoms with Crippen LogP contribution in [0.4, 0.5) is 0 Å². The summed E-state index contributed by atoms with van der Waals surface area (Å²) in [7, 11) is 0. The van der Waals surface area contributed by atoms with Gasteiger partial charge in [-0.2, -0.15) is 5.10 Å². The minimum atomic E-state index is -0.139.